The van der Waals surface area contributed by atoms with E-state index in [1.807, 2.05) is 30.3 Å². The lowest BCUT2D eigenvalue weighted by Crippen LogP contribution is -1.90. The normalized spacial score (nSPS) is 11.8. The lowest BCUT2D eigenvalue weighted by Gasteiger charge is -2.18. The average molecular weight is 613 g/mol. The Morgan fingerprint density at radius 3 is 1.35 bits per heavy atom. The summed E-state index contributed by atoms with van der Waals surface area (Å²) in [5, 5.41) is 8.19. The fourth-order valence-corrected chi connectivity index (χ4v) is 7.51. The molecule has 0 aliphatic carbocycles. The van der Waals surface area contributed by atoms with E-state index in [9.17, 15) is 0 Å². The molecule has 2 nitrogen and oxygen atoms in total. The summed E-state index contributed by atoms with van der Waals surface area (Å²) in [7, 11) is 0. The summed E-state index contributed by atoms with van der Waals surface area (Å²) in [5.41, 5.74) is 10.7. The van der Waals surface area contributed by atoms with Gasteiger partial charge in [-0.1, -0.05) is 152 Å². The summed E-state index contributed by atoms with van der Waals surface area (Å²) in [6.07, 6.45) is 0. The standard InChI is InChI=1S/C46H28O2/c1-3-13-30(14-4-1)42-28-40-38(27-39-33-17-11-12-22-41(33)47-45(39)46(40)48-42)29-23-25-32(26-24-29)44-36-20-9-7-18-34(36)43(31-15-5-2-6-16-31)35-19-8-10-21-37(35)44/h1-28H. The molecular formula is C46H28O2. The summed E-state index contributed by atoms with van der Waals surface area (Å²) < 4.78 is 13.0. The zero-order chi connectivity index (χ0) is 31.6. The van der Waals surface area contributed by atoms with Crippen LogP contribution in [0, 0.1) is 0 Å². The Hall–Kier alpha value is -6.38. The van der Waals surface area contributed by atoms with Crippen LogP contribution in [0.1, 0.15) is 0 Å². The molecule has 0 saturated carbocycles. The van der Waals surface area contributed by atoms with Crippen molar-refractivity contribution in [3.05, 3.63) is 170 Å². The number of hydrogen-bond donors (Lipinski definition) is 0. The highest BCUT2D eigenvalue weighted by molar-refractivity contribution is 6.22. The van der Waals surface area contributed by atoms with E-state index in [1.54, 1.807) is 0 Å². The molecule has 0 spiro atoms. The molecule has 2 heteroatoms. The molecule has 2 aromatic heterocycles. The van der Waals surface area contributed by atoms with Crippen LogP contribution in [0.4, 0.5) is 0 Å². The molecule has 48 heavy (non-hydrogen) atoms. The second-order valence-electron chi connectivity index (χ2n) is 12.4. The summed E-state index contributed by atoms with van der Waals surface area (Å²) >= 11 is 0. The lowest BCUT2D eigenvalue weighted by molar-refractivity contribution is 0.611. The molecule has 0 aliphatic heterocycles. The fraction of sp³-hybridized carbons (Fsp3) is 0. The molecule has 0 amide bonds. The van der Waals surface area contributed by atoms with Crippen molar-refractivity contribution in [3.8, 4) is 44.7 Å². The molecule has 8 aromatic carbocycles. The number of furan rings is 2. The van der Waals surface area contributed by atoms with Gasteiger partial charge in [0.1, 0.15) is 11.3 Å². The van der Waals surface area contributed by atoms with Crippen molar-refractivity contribution in [2.75, 3.05) is 0 Å². The minimum absolute atomic E-state index is 0.773. The van der Waals surface area contributed by atoms with Gasteiger partial charge in [-0.15, -0.1) is 0 Å². The van der Waals surface area contributed by atoms with Crippen LogP contribution < -0.4 is 0 Å². The van der Waals surface area contributed by atoms with E-state index in [0.717, 1.165) is 55.4 Å². The lowest BCUT2D eigenvalue weighted by atomic mass is 9.85. The van der Waals surface area contributed by atoms with Crippen molar-refractivity contribution >= 4 is 54.5 Å². The van der Waals surface area contributed by atoms with Crippen LogP contribution in [0.15, 0.2) is 179 Å². The molecule has 2 heterocycles. The highest BCUT2D eigenvalue weighted by atomic mass is 16.4. The third-order valence-corrected chi connectivity index (χ3v) is 9.69. The van der Waals surface area contributed by atoms with Crippen LogP contribution in [0.3, 0.4) is 0 Å². The second-order valence-corrected chi connectivity index (χ2v) is 12.4. The molecular weight excluding hydrogens is 585 g/mol. The second kappa shape index (κ2) is 10.6. The molecule has 0 radical (unpaired) electrons. The minimum atomic E-state index is 0.773. The number of benzene rings is 8. The predicted molar refractivity (Wildman–Crippen MR) is 200 cm³/mol. The van der Waals surface area contributed by atoms with Crippen molar-refractivity contribution in [2.24, 2.45) is 0 Å². The molecule has 0 N–H and O–H groups in total. The predicted octanol–water partition coefficient (Wildman–Crippen LogP) is 13.3. The summed E-state index contributed by atoms with van der Waals surface area (Å²) in [4.78, 5) is 0. The van der Waals surface area contributed by atoms with Gasteiger partial charge < -0.3 is 8.83 Å². The largest absolute Gasteiger partial charge is 0.452 e. The van der Waals surface area contributed by atoms with Gasteiger partial charge in [-0.05, 0) is 73.1 Å². The van der Waals surface area contributed by atoms with Gasteiger partial charge in [-0.2, -0.15) is 0 Å². The smallest absolute Gasteiger partial charge is 0.178 e. The number of hydrogen-bond acceptors (Lipinski definition) is 2. The molecule has 224 valence electrons. The van der Waals surface area contributed by atoms with Crippen LogP contribution in [-0.2, 0) is 0 Å². The zero-order valence-corrected chi connectivity index (χ0v) is 26.0. The highest BCUT2D eigenvalue weighted by Crippen LogP contribution is 2.46. The van der Waals surface area contributed by atoms with Crippen molar-refractivity contribution < 1.29 is 8.83 Å². The monoisotopic (exact) mass is 612 g/mol. The van der Waals surface area contributed by atoms with E-state index in [2.05, 4.69) is 140 Å². The van der Waals surface area contributed by atoms with E-state index < -0.39 is 0 Å². The van der Waals surface area contributed by atoms with E-state index in [-0.39, 0.29) is 0 Å². The Kier molecular flexibility index (Phi) is 5.91. The minimum Gasteiger partial charge on any atom is -0.452 e. The van der Waals surface area contributed by atoms with Crippen molar-refractivity contribution in [1.29, 1.82) is 0 Å². The van der Waals surface area contributed by atoms with Gasteiger partial charge >= 0.3 is 0 Å². The first-order valence-electron chi connectivity index (χ1n) is 16.3. The molecule has 10 aromatic rings. The third kappa shape index (κ3) is 4.06. The van der Waals surface area contributed by atoms with E-state index in [1.165, 1.54) is 43.8 Å². The van der Waals surface area contributed by atoms with Crippen molar-refractivity contribution in [2.45, 2.75) is 0 Å². The Labute approximate surface area is 277 Å². The number of para-hydroxylation sites is 1. The van der Waals surface area contributed by atoms with Gasteiger partial charge in [0, 0.05) is 21.7 Å². The molecule has 0 saturated heterocycles. The summed E-state index contributed by atoms with van der Waals surface area (Å²) in [6, 6.07) is 60.3. The number of fused-ring (bicyclic) bond motifs is 7. The Morgan fingerprint density at radius 2 is 0.750 bits per heavy atom. The van der Waals surface area contributed by atoms with Crippen LogP contribution in [0.25, 0.3) is 99.2 Å². The maximum absolute atomic E-state index is 6.60. The molecule has 0 aliphatic rings. The Balaban J connectivity index is 1.20. The molecule has 0 atom stereocenters. The van der Waals surface area contributed by atoms with Crippen LogP contribution >= 0.6 is 0 Å². The summed E-state index contributed by atoms with van der Waals surface area (Å²) in [6.45, 7) is 0. The highest BCUT2D eigenvalue weighted by Gasteiger charge is 2.21. The maximum Gasteiger partial charge on any atom is 0.178 e. The Bertz CT molecular complexity index is 2750. The van der Waals surface area contributed by atoms with Crippen molar-refractivity contribution in [1.82, 2.24) is 0 Å². The summed E-state index contributed by atoms with van der Waals surface area (Å²) in [5.74, 6) is 0.827. The van der Waals surface area contributed by atoms with Gasteiger partial charge in [0.2, 0.25) is 0 Å². The quantitative estimate of drug-likeness (QED) is 0.185. The van der Waals surface area contributed by atoms with E-state index in [4.69, 9.17) is 8.83 Å². The average Bonchev–Trinajstić information content (AvgIpc) is 3.77. The molecule has 0 bridgehead atoms. The van der Waals surface area contributed by atoms with E-state index in [0.29, 0.717) is 0 Å². The first kappa shape index (κ1) is 26.8. The van der Waals surface area contributed by atoms with Crippen LogP contribution in [-0.4, -0.2) is 0 Å². The molecule has 0 unspecified atom stereocenters. The van der Waals surface area contributed by atoms with Crippen LogP contribution in [0.5, 0.6) is 0 Å². The van der Waals surface area contributed by atoms with Gasteiger partial charge in [-0.25, -0.2) is 0 Å². The fourth-order valence-electron chi connectivity index (χ4n) is 7.51. The molecule has 0 fully saturated rings. The Morgan fingerprint density at radius 1 is 0.292 bits per heavy atom. The SMILES string of the molecule is c1ccc(-c2cc3c(-c4ccc(-c5c6ccccc6c(-c6ccccc6)c6ccccc56)cc4)cc4c5ccccc5oc4c3o2)cc1. The van der Waals surface area contributed by atoms with Gasteiger partial charge in [-0.3, -0.25) is 0 Å². The first-order chi connectivity index (χ1) is 23.8. The van der Waals surface area contributed by atoms with Gasteiger partial charge in [0.25, 0.3) is 0 Å². The maximum atomic E-state index is 6.60. The number of rotatable bonds is 4. The van der Waals surface area contributed by atoms with Gasteiger partial charge in [0.15, 0.2) is 11.2 Å². The zero-order valence-electron chi connectivity index (χ0n) is 26.0. The van der Waals surface area contributed by atoms with Crippen molar-refractivity contribution in [3.63, 3.8) is 0 Å². The molecule has 10 rings (SSSR count). The topological polar surface area (TPSA) is 26.3 Å². The van der Waals surface area contributed by atoms with Gasteiger partial charge in [0.05, 0.1) is 0 Å². The first-order valence-corrected chi connectivity index (χ1v) is 16.3. The van der Waals surface area contributed by atoms with E-state index >= 15 is 0 Å². The van der Waals surface area contributed by atoms with Crippen LogP contribution in [0.2, 0.25) is 0 Å². The third-order valence-electron chi connectivity index (χ3n) is 9.69.